The van der Waals surface area contributed by atoms with E-state index in [-0.39, 0.29) is 11.5 Å². The number of methoxy groups -OCH3 is 1. The maximum Gasteiger partial charge on any atom is 0.196 e. The summed E-state index contributed by atoms with van der Waals surface area (Å²) in [4.78, 5) is 16.2. The van der Waals surface area contributed by atoms with Gasteiger partial charge in [-0.1, -0.05) is 71.9 Å². The van der Waals surface area contributed by atoms with E-state index in [4.69, 9.17) is 16.3 Å². The second-order valence-electron chi connectivity index (χ2n) is 7.29. The minimum Gasteiger partial charge on any atom is -0.495 e. The molecule has 0 aliphatic rings. The molecule has 2 aromatic heterocycles. The highest BCUT2D eigenvalue weighted by Crippen LogP contribution is 2.32. The summed E-state index contributed by atoms with van der Waals surface area (Å²) < 4.78 is 7.20. The van der Waals surface area contributed by atoms with E-state index in [1.165, 1.54) is 11.8 Å². The van der Waals surface area contributed by atoms with Crippen LogP contribution in [-0.2, 0) is 0 Å². The summed E-state index contributed by atoms with van der Waals surface area (Å²) >= 11 is 7.74. The molecule has 0 fully saturated rings. The Hall–Kier alpha value is -3.55. The lowest BCUT2D eigenvalue weighted by Gasteiger charge is -2.12. The van der Waals surface area contributed by atoms with Crippen molar-refractivity contribution >= 4 is 40.0 Å². The molecule has 0 radical (unpaired) electrons. The van der Waals surface area contributed by atoms with E-state index in [9.17, 15) is 4.79 Å². The Morgan fingerprint density at radius 1 is 1.06 bits per heavy atom. The van der Waals surface area contributed by atoms with E-state index < -0.39 is 0 Å². The second kappa shape index (κ2) is 9.13. The zero-order valence-corrected chi connectivity index (χ0v) is 19.2. The molecule has 0 spiro atoms. The van der Waals surface area contributed by atoms with Gasteiger partial charge in [0.1, 0.15) is 5.75 Å². The highest BCUT2D eigenvalue weighted by Gasteiger charge is 2.19. The van der Waals surface area contributed by atoms with Gasteiger partial charge >= 0.3 is 0 Å². The van der Waals surface area contributed by atoms with E-state index in [0.29, 0.717) is 27.3 Å². The fraction of sp³-hybridized carbons (Fsp3) is 0.0800. The highest BCUT2D eigenvalue weighted by atomic mass is 35.5. The number of carbonyl (C=O) groups is 1. The van der Waals surface area contributed by atoms with Crippen molar-refractivity contribution in [2.45, 2.75) is 5.16 Å². The lowest BCUT2D eigenvalue weighted by molar-refractivity contribution is 0.102. The van der Waals surface area contributed by atoms with Crippen LogP contribution in [0.25, 0.3) is 28.0 Å². The van der Waals surface area contributed by atoms with Gasteiger partial charge in [-0.05, 0) is 24.3 Å². The number of benzene rings is 3. The van der Waals surface area contributed by atoms with E-state index in [2.05, 4.69) is 15.2 Å². The molecule has 0 atom stereocenters. The third-order valence-electron chi connectivity index (χ3n) is 5.28. The number of ketones is 1. The van der Waals surface area contributed by atoms with Crippen LogP contribution in [0.3, 0.4) is 0 Å². The Morgan fingerprint density at radius 3 is 2.64 bits per heavy atom. The van der Waals surface area contributed by atoms with Gasteiger partial charge in [0.25, 0.3) is 0 Å². The average Bonchev–Trinajstić information content (AvgIpc) is 3.47. The van der Waals surface area contributed by atoms with Crippen molar-refractivity contribution < 1.29 is 9.53 Å². The summed E-state index contributed by atoms with van der Waals surface area (Å²) in [6, 6.07) is 23.1. The van der Waals surface area contributed by atoms with E-state index in [1.54, 1.807) is 19.4 Å². The number of H-pyrrole nitrogens is 1. The number of ether oxygens (including phenoxy) is 1. The maximum absolute atomic E-state index is 13.0. The first-order valence-corrected chi connectivity index (χ1v) is 11.6. The summed E-state index contributed by atoms with van der Waals surface area (Å²) in [5, 5.41) is 10.8. The van der Waals surface area contributed by atoms with Crippen molar-refractivity contribution in [3.8, 4) is 22.8 Å². The first-order valence-electron chi connectivity index (χ1n) is 10.2. The fourth-order valence-electron chi connectivity index (χ4n) is 3.67. The number of hydrogen-bond acceptors (Lipinski definition) is 5. The number of rotatable bonds is 7. The van der Waals surface area contributed by atoms with Crippen molar-refractivity contribution in [1.29, 1.82) is 0 Å². The van der Waals surface area contributed by atoms with Gasteiger partial charge in [0.2, 0.25) is 0 Å². The number of hydrogen-bond donors (Lipinski definition) is 1. The predicted octanol–water partition coefficient (Wildman–Crippen LogP) is 6.05. The van der Waals surface area contributed by atoms with Crippen LogP contribution in [0.4, 0.5) is 0 Å². The molecule has 0 saturated carbocycles. The van der Waals surface area contributed by atoms with Crippen molar-refractivity contribution in [2.75, 3.05) is 12.9 Å². The second-order valence-corrected chi connectivity index (χ2v) is 8.64. The van der Waals surface area contributed by atoms with E-state index >= 15 is 0 Å². The number of aromatic nitrogens is 4. The molecular weight excluding hydrogens is 456 g/mol. The molecule has 0 aliphatic carbocycles. The SMILES string of the molecule is COc1ccc(-n2c(SCC(=O)c3c[nH]c4ccccc34)nnc2-c2ccccc2)cc1Cl. The standard InChI is InChI=1S/C25H19ClN4O2S/c1-32-23-12-11-17(13-20(23)26)30-24(16-7-3-2-4-8-16)28-29-25(30)33-15-22(31)19-14-27-21-10-6-5-9-18(19)21/h2-14,27H,15H2,1H3. The number of halogens is 1. The Balaban J connectivity index is 1.50. The zero-order chi connectivity index (χ0) is 22.8. The number of aromatic amines is 1. The number of para-hydroxylation sites is 1. The molecule has 0 unspecified atom stereocenters. The van der Waals surface area contributed by atoms with Crippen molar-refractivity contribution in [2.24, 2.45) is 0 Å². The van der Waals surface area contributed by atoms with Crippen molar-refractivity contribution in [3.63, 3.8) is 0 Å². The average molecular weight is 475 g/mol. The van der Waals surface area contributed by atoms with Crippen LogP contribution in [0.5, 0.6) is 5.75 Å². The first kappa shape index (κ1) is 21.3. The van der Waals surface area contributed by atoms with Crippen LogP contribution < -0.4 is 4.74 Å². The highest BCUT2D eigenvalue weighted by molar-refractivity contribution is 7.99. The number of nitrogens with one attached hydrogen (secondary N) is 1. The molecule has 5 rings (SSSR count). The topological polar surface area (TPSA) is 72.8 Å². The lowest BCUT2D eigenvalue weighted by atomic mass is 10.1. The van der Waals surface area contributed by atoms with Gasteiger partial charge in [-0.15, -0.1) is 10.2 Å². The molecule has 3 aromatic carbocycles. The van der Waals surface area contributed by atoms with Crippen LogP contribution in [-0.4, -0.2) is 38.4 Å². The quantitative estimate of drug-likeness (QED) is 0.229. The van der Waals surface area contributed by atoms with Crippen molar-refractivity contribution in [1.82, 2.24) is 19.7 Å². The van der Waals surface area contributed by atoms with Crippen LogP contribution >= 0.6 is 23.4 Å². The van der Waals surface area contributed by atoms with Crippen LogP contribution in [0.15, 0.2) is 84.1 Å². The number of carbonyl (C=O) groups excluding carboxylic acids is 1. The molecule has 6 nitrogen and oxygen atoms in total. The monoisotopic (exact) mass is 474 g/mol. The number of thioether (sulfide) groups is 1. The van der Waals surface area contributed by atoms with Gasteiger partial charge in [-0.3, -0.25) is 9.36 Å². The molecule has 5 aromatic rings. The summed E-state index contributed by atoms with van der Waals surface area (Å²) in [7, 11) is 1.58. The maximum atomic E-state index is 13.0. The molecule has 1 N–H and O–H groups in total. The predicted molar refractivity (Wildman–Crippen MR) is 132 cm³/mol. The Kier molecular flexibility index (Phi) is 5.90. The third-order valence-corrected chi connectivity index (χ3v) is 6.51. The van der Waals surface area contributed by atoms with Gasteiger partial charge in [-0.2, -0.15) is 0 Å². The third kappa shape index (κ3) is 4.13. The molecular formula is C25H19ClN4O2S. The minimum atomic E-state index is 0.0148. The molecule has 0 bridgehead atoms. The van der Waals surface area contributed by atoms with E-state index in [1.807, 2.05) is 71.3 Å². The summed E-state index contributed by atoms with van der Waals surface area (Å²) in [5.41, 5.74) is 3.30. The Bertz CT molecular complexity index is 1450. The minimum absolute atomic E-state index is 0.0148. The largest absolute Gasteiger partial charge is 0.495 e. The number of fused-ring (bicyclic) bond motifs is 1. The smallest absolute Gasteiger partial charge is 0.196 e. The Morgan fingerprint density at radius 2 is 1.85 bits per heavy atom. The van der Waals surface area contributed by atoms with Crippen molar-refractivity contribution in [3.05, 3.63) is 89.6 Å². The van der Waals surface area contributed by atoms with Crippen LogP contribution in [0.2, 0.25) is 5.02 Å². The fourth-order valence-corrected chi connectivity index (χ4v) is 4.76. The Labute approximate surface area is 199 Å². The number of Topliss-reactive ketones (excluding diaryl/α,β-unsaturated/α-hetero) is 1. The molecule has 164 valence electrons. The number of nitrogens with zero attached hydrogens (tertiary/aromatic N) is 3. The van der Waals surface area contributed by atoms with Gasteiger partial charge in [0.05, 0.1) is 23.6 Å². The van der Waals surface area contributed by atoms with Gasteiger partial charge in [-0.25, -0.2) is 0 Å². The van der Waals surface area contributed by atoms with Gasteiger partial charge < -0.3 is 9.72 Å². The molecule has 0 amide bonds. The zero-order valence-electron chi connectivity index (χ0n) is 17.7. The first-order chi connectivity index (χ1) is 16.2. The lowest BCUT2D eigenvalue weighted by Crippen LogP contribution is -2.05. The van der Waals surface area contributed by atoms with Gasteiger partial charge in [0, 0.05) is 28.2 Å². The molecule has 2 heterocycles. The molecule has 0 saturated heterocycles. The normalized spacial score (nSPS) is 11.1. The molecule has 8 heteroatoms. The molecule has 0 aliphatic heterocycles. The molecule has 33 heavy (non-hydrogen) atoms. The van der Waals surface area contributed by atoms with E-state index in [0.717, 1.165) is 22.2 Å². The summed E-state index contributed by atoms with van der Waals surface area (Å²) in [5.74, 6) is 1.48. The summed E-state index contributed by atoms with van der Waals surface area (Å²) in [6.07, 6.45) is 1.76. The van der Waals surface area contributed by atoms with Crippen LogP contribution in [0.1, 0.15) is 10.4 Å². The van der Waals surface area contributed by atoms with Gasteiger partial charge in [0.15, 0.2) is 16.8 Å². The summed E-state index contributed by atoms with van der Waals surface area (Å²) in [6.45, 7) is 0. The van der Waals surface area contributed by atoms with Crippen LogP contribution in [0, 0.1) is 0 Å².